The number of anilines is 1. The number of hydrogen-bond acceptors (Lipinski definition) is 2. The van der Waals surface area contributed by atoms with Crippen molar-refractivity contribution in [3.8, 4) is 0 Å². The average molecular weight is 389 g/mol. The van der Waals surface area contributed by atoms with Gasteiger partial charge in [0.1, 0.15) is 32.7 Å². The molecule has 1 heterocycles. The summed E-state index contributed by atoms with van der Waals surface area (Å²) >= 11 is 5.93. The molecular formula is C20H25ClN4O2+2. The number of rotatable bonds is 5. The van der Waals surface area contributed by atoms with E-state index in [4.69, 9.17) is 11.6 Å². The molecule has 0 spiro atoms. The first-order valence-corrected chi connectivity index (χ1v) is 9.54. The summed E-state index contributed by atoms with van der Waals surface area (Å²) in [4.78, 5) is 26.7. The number of nitrogens with one attached hydrogen (secondary N) is 4. The van der Waals surface area contributed by atoms with E-state index >= 15 is 0 Å². The maximum Gasteiger partial charge on any atom is 0.326 e. The van der Waals surface area contributed by atoms with Crippen LogP contribution in [-0.2, 0) is 11.3 Å². The zero-order chi connectivity index (χ0) is 19.1. The first-order chi connectivity index (χ1) is 13.1. The third kappa shape index (κ3) is 6.36. The summed E-state index contributed by atoms with van der Waals surface area (Å²) in [6.07, 6.45) is 0. The summed E-state index contributed by atoms with van der Waals surface area (Å²) in [7, 11) is 0. The number of carbonyl (C=O) groups is 2. The van der Waals surface area contributed by atoms with Crippen molar-refractivity contribution < 1.29 is 19.4 Å². The summed E-state index contributed by atoms with van der Waals surface area (Å²) in [5.74, 6) is -0.250. The van der Waals surface area contributed by atoms with Crippen LogP contribution in [0.25, 0.3) is 0 Å². The smallest absolute Gasteiger partial charge is 0.322 e. The molecule has 0 aliphatic carbocycles. The van der Waals surface area contributed by atoms with Crippen LogP contribution in [0.4, 0.5) is 10.5 Å². The fourth-order valence-electron chi connectivity index (χ4n) is 3.28. The van der Waals surface area contributed by atoms with Crippen molar-refractivity contribution in [3.63, 3.8) is 0 Å². The van der Waals surface area contributed by atoms with Crippen molar-refractivity contribution in [1.29, 1.82) is 0 Å². The Bertz CT molecular complexity index is 759. The second-order valence-electron chi connectivity index (χ2n) is 6.85. The Kier molecular flexibility index (Phi) is 6.81. The minimum absolute atomic E-state index is 0.250. The molecule has 0 unspecified atom stereocenters. The molecule has 0 atom stereocenters. The highest BCUT2D eigenvalue weighted by Gasteiger charge is 2.25. The Hall–Kier alpha value is -2.41. The number of piperazine rings is 1. The Balaban J connectivity index is 1.37. The van der Waals surface area contributed by atoms with Crippen molar-refractivity contribution in [3.05, 3.63) is 65.2 Å². The van der Waals surface area contributed by atoms with Gasteiger partial charge in [0.25, 0.3) is 5.91 Å². The number of quaternary nitrogens is 2. The van der Waals surface area contributed by atoms with Crippen molar-refractivity contribution >= 4 is 29.2 Å². The van der Waals surface area contributed by atoms with Gasteiger partial charge >= 0.3 is 6.03 Å². The zero-order valence-electron chi connectivity index (χ0n) is 15.1. The fraction of sp³-hybridized carbons (Fsp3) is 0.300. The van der Waals surface area contributed by atoms with Crippen LogP contribution < -0.4 is 20.4 Å². The second-order valence-corrected chi connectivity index (χ2v) is 7.28. The third-order valence-electron chi connectivity index (χ3n) is 4.73. The topological polar surface area (TPSA) is 67.1 Å². The van der Waals surface area contributed by atoms with E-state index in [1.807, 2.05) is 30.3 Å². The molecule has 2 aromatic carbocycles. The number of carbonyl (C=O) groups excluding carboxylic acids is 2. The van der Waals surface area contributed by atoms with E-state index in [2.05, 4.69) is 22.8 Å². The van der Waals surface area contributed by atoms with Crippen LogP contribution in [0.15, 0.2) is 54.6 Å². The van der Waals surface area contributed by atoms with Gasteiger partial charge in [0.15, 0.2) is 6.54 Å². The standard InChI is InChI=1S/C20H23ClN4O2/c21-17-8-6-16(7-9-17)14-24-10-12-25(13-11-24)15-19(26)23-20(27)22-18-4-2-1-3-5-18/h1-9H,10-15H2,(H2,22,23,26,27)/p+2. The van der Waals surface area contributed by atoms with Crippen molar-refractivity contribution in [2.24, 2.45) is 0 Å². The van der Waals surface area contributed by atoms with Crippen LogP contribution in [0.1, 0.15) is 5.56 Å². The number of hydrogen-bond donors (Lipinski definition) is 4. The Morgan fingerprint density at radius 2 is 1.52 bits per heavy atom. The van der Waals surface area contributed by atoms with E-state index in [9.17, 15) is 9.59 Å². The summed E-state index contributed by atoms with van der Waals surface area (Å²) in [6, 6.07) is 16.5. The quantitative estimate of drug-likeness (QED) is 0.581. The average Bonchev–Trinajstić information content (AvgIpc) is 2.66. The zero-order valence-corrected chi connectivity index (χ0v) is 15.9. The van der Waals surface area contributed by atoms with Gasteiger partial charge in [0, 0.05) is 16.3 Å². The fourth-order valence-corrected chi connectivity index (χ4v) is 3.41. The van der Waals surface area contributed by atoms with Gasteiger partial charge in [-0.05, 0) is 24.3 Å². The molecule has 0 bridgehead atoms. The maximum absolute atomic E-state index is 12.1. The van der Waals surface area contributed by atoms with Crippen LogP contribution in [0.3, 0.4) is 0 Å². The molecule has 27 heavy (non-hydrogen) atoms. The molecule has 2 aromatic rings. The Morgan fingerprint density at radius 1 is 0.889 bits per heavy atom. The lowest BCUT2D eigenvalue weighted by molar-refractivity contribution is -1.02. The molecule has 1 fully saturated rings. The molecule has 142 valence electrons. The van der Waals surface area contributed by atoms with E-state index in [0.29, 0.717) is 12.2 Å². The Morgan fingerprint density at radius 3 is 2.19 bits per heavy atom. The molecule has 0 radical (unpaired) electrons. The van der Waals surface area contributed by atoms with Crippen molar-refractivity contribution in [2.75, 3.05) is 38.0 Å². The number of imide groups is 1. The number of halogens is 1. The highest BCUT2D eigenvalue weighted by molar-refractivity contribution is 6.30. The maximum atomic E-state index is 12.1. The molecule has 0 aromatic heterocycles. The lowest BCUT2D eigenvalue weighted by Gasteiger charge is -2.29. The molecule has 3 rings (SSSR count). The van der Waals surface area contributed by atoms with Crippen LogP contribution in [0.5, 0.6) is 0 Å². The highest BCUT2D eigenvalue weighted by atomic mass is 35.5. The van der Waals surface area contributed by atoms with Gasteiger partial charge in [0.2, 0.25) is 0 Å². The molecule has 1 aliphatic rings. The van der Waals surface area contributed by atoms with E-state index in [-0.39, 0.29) is 5.91 Å². The lowest BCUT2D eigenvalue weighted by Crippen LogP contribution is -3.28. The van der Waals surface area contributed by atoms with E-state index in [0.717, 1.165) is 37.7 Å². The van der Waals surface area contributed by atoms with Gasteiger partial charge < -0.3 is 15.1 Å². The van der Waals surface area contributed by atoms with Crippen LogP contribution >= 0.6 is 11.6 Å². The summed E-state index contributed by atoms with van der Waals surface area (Å²) in [6.45, 7) is 5.11. The Labute approximate surface area is 164 Å². The van der Waals surface area contributed by atoms with Gasteiger partial charge in [-0.15, -0.1) is 0 Å². The largest absolute Gasteiger partial charge is 0.326 e. The minimum atomic E-state index is -0.488. The predicted octanol–water partition coefficient (Wildman–Crippen LogP) is -0.0283. The van der Waals surface area contributed by atoms with E-state index < -0.39 is 6.03 Å². The molecule has 0 saturated carbocycles. The first-order valence-electron chi connectivity index (χ1n) is 9.16. The second kappa shape index (κ2) is 9.50. The molecule has 7 heteroatoms. The monoisotopic (exact) mass is 388 g/mol. The van der Waals surface area contributed by atoms with Gasteiger partial charge in [-0.25, -0.2) is 4.79 Å². The van der Waals surface area contributed by atoms with Gasteiger partial charge in [-0.3, -0.25) is 10.1 Å². The number of benzene rings is 2. The van der Waals surface area contributed by atoms with Crippen LogP contribution in [-0.4, -0.2) is 44.7 Å². The molecular weight excluding hydrogens is 364 g/mol. The molecule has 1 aliphatic heterocycles. The van der Waals surface area contributed by atoms with Gasteiger partial charge in [-0.1, -0.05) is 41.9 Å². The van der Waals surface area contributed by atoms with Crippen molar-refractivity contribution in [2.45, 2.75) is 6.54 Å². The molecule has 3 amide bonds. The van der Waals surface area contributed by atoms with Gasteiger partial charge in [0.05, 0.1) is 0 Å². The van der Waals surface area contributed by atoms with E-state index in [1.54, 1.807) is 12.1 Å². The minimum Gasteiger partial charge on any atom is -0.322 e. The van der Waals surface area contributed by atoms with Crippen LogP contribution in [0, 0.1) is 0 Å². The molecule has 6 nitrogen and oxygen atoms in total. The molecule has 4 N–H and O–H groups in total. The van der Waals surface area contributed by atoms with Crippen molar-refractivity contribution in [1.82, 2.24) is 5.32 Å². The predicted molar refractivity (Wildman–Crippen MR) is 105 cm³/mol. The first kappa shape index (κ1) is 19.4. The summed E-state index contributed by atoms with van der Waals surface area (Å²) < 4.78 is 0. The molecule has 1 saturated heterocycles. The number of para-hydroxylation sites is 1. The number of amides is 3. The highest BCUT2D eigenvalue weighted by Crippen LogP contribution is 2.08. The normalized spacial score (nSPS) is 19.3. The van der Waals surface area contributed by atoms with E-state index in [1.165, 1.54) is 15.4 Å². The lowest BCUT2D eigenvalue weighted by atomic mass is 10.2. The number of urea groups is 1. The third-order valence-corrected chi connectivity index (χ3v) is 4.98. The SMILES string of the molecule is O=C(C[NH+]1CC[NH+](Cc2ccc(Cl)cc2)CC1)NC(=O)Nc1ccccc1. The van der Waals surface area contributed by atoms with Crippen LogP contribution in [0.2, 0.25) is 5.02 Å². The van der Waals surface area contributed by atoms with Gasteiger partial charge in [-0.2, -0.15) is 0 Å². The summed E-state index contributed by atoms with van der Waals surface area (Å²) in [5, 5.41) is 5.81. The summed E-state index contributed by atoms with van der Waals surface area (Å²) in [5.41, 5.74) is 1.93.